The largest absolute Gasteiger partial charge is 0.444 e. The highest BCUT2D eigenvalue weighted by atomic mass is 16.3. The first-order valence-electron chi connectivity index (χ1n) is 5.97. The number of nitrogens with zero attached hydrogens (tertiary/aromatic N) is 1. The summed E-state index contributed by atoms with van der Waals surface area (Å²) in [4.78, 5) is 26.1. The van der Waals surface area contributed by atoms with Crippen molar-refractivity contribution in [3.05, 3.63) is 42.4 Å². The number of nitrogens with one attached hydrogen (secondary N) is 2. The second-order valence-corrected chi connectivity index (χ2v) is 3.99. The van der Waals surface area contributed by atoms with Gasteiger partial charge in [0.25, 0.3) is 5.91 Å². The molecule has 0 radical (unpaired) electrons. The molecule has 20 heavy (non-hydrogen) atoms. The fraction of sp³-hybridized carbons (Fsp3) is 0.154. The number of carbonyl (C=O) groups is 2. The van der Waals surface area contributed by atoms with Crippen LogP contribution in [0.3, 0.4) is 0 Å². The Balaban J connectivity index is 1.89. The van der Waals surface area contributed by atoms with Gasteiger partial charge >= 0.3 is 6.03 Å². The van der Waals surface area contributed by atoms with Gasteiger partial charge in [-0.2, -0.15) is 0 Å². The number of amides is 3. The summed E-state index contributed by atoms with van der Waals surface area (Å²) in [6, 6.07) is 6.31. The van der Waals surface area contributed by atoms with Gasteiger partial charge in [0.05, 0.1) is 6.20 Å². The quantitative estimate of drug-likeness (QED) is 0.698. The molecule has 0 saturated heterocycles. The van der Waals surface area contributed by atoms with Crippen molar-refractivity contribution in [2.75, 3.05) is 13.1 Å². The van der Waals surface area contributed by atoms with Gasteiger partial charge in [-0.05, 0) is 12.1 Å². The molecular formula is C13H14N4O3. The fourth-order valence-electron chi connectivity index (χ4n) is 1.61. The Morgan fingerprint density at radius 1 is 1.15 bits per heavy atom. The molecule has 0 bridgehead atoms. The second-order valence-electron chi connectivity index (χ2n) is 3.99. The van der Waals surface area contributed by atoms with Crippen molar-refractivity contribution in [1.29, 1.82) is 0 Å². The molecule has 2 aromatic rings. The number of nitrogens with two attached hydrogens (primary N) is 1. The number of oxazole rings is 1. The van der Waals surface area contributed by atoms with Crippen molar-refractivity contribution in [3.8, 4) is 11.3 Å². The fourth-order valence-corrected chi connectivity index (χ4v) is 1.61. The van der Waals surface area contributed by atoms with E-state index in [1.165, 1.54) is 6.39 Å². The molecule has 104 valence electrons. The number of carbonyl (C=O) groups excluding carboxylic acids is 2. The van der Waals surface area contributed by atoms with Gasteiger partial charge in [-0.3, -0.25) is 4.79 Å². The van der Waals surface area contributed by atoms with Crippen molar-refractivity contribution in [2.24, 2.45) is 5.73 Å². The van der Waals surface area contributed by atoms with Crippen LogP contribution in [-0.2, 0) is 0 Å². The maximum atomic E-state index is 11.8. The number of hydrogen-bond donors (Lipinski definition) is 3. The first-order valence-corrected chi connectivity index (χ1v) is 5.97. The summed E-state index contributed by atoms with van der Waals surface area (Å²) >= 11 is 0. The van der Waals surface area contributed by atoms with Crippen molar-refractivity contribution in [1.82, 2.24) is 15.6 Å². The third-order valence-electron chi connectivity index (χ3n) is 2.57. The van der Waals surface area contributed by atoms with Crippen LogP contribution in [0.25, 0.3) is 11.3 Å². The lowest BCUT2D eigenvalue weighted by Gasteiger charge is -2.06. The highest BCUT2D eigenvalue weighted by Gasteiger charge is 2.06. The number of urea groups is 1. The zero-order valence-corrected chi connectivity index (χ0v) is 10.6. The zero-order chi connectivity index (χ0) is 14.4. The van der Waals surface area contributed by atoms with E-state index in [1.807, 2.05) is 0 Å². The Morgan fingerprint density at radius 2 is 1.85 bits per heavy atom. The summed E-state index contributed by atoms with van der Waals surface area (Å²) in [6.07, 6.45) is 2.95. The first kappa shape index (κ1) is 13.6. The molecular weight excluding hydrogens is 260 g/mol. The standard InChI is InChI=1S/C13H14N4O3/c14-13(19)17-6-5-16-12(18)10-3-1-9(2-4-10)11-7-15-8-20-11/h1-4,7-8H,5-6H2,(H,16,18)(H3,14,17,19). The van der Waals surface area contributed by atoms with E-state index in [1.54, 1.807) is 30.5 Å². The molecule has 0 saturated carbocycles. The van der Waals surface area contributed by atoms with Crippen LogP contribution in [0.15, 0.2) is 41.3 Å². The van der Waals surface area contributed by atoms with E-state index in [-0.39, 0.29) is 12.5 Å². The topological polar surface area (TPSA) is 110 Å². The van der Waals surface area contributed by atoms with Crippen LogP contribution in [0, 0.1) is 0 Å². The van der Waals surface area contributed by atoms with Gasteiger partial charge in [-0.1, -0.05) is 12.1 Å². The van der Waals surface area contributed by atoms with Gasteiger partial charge in [-0.25, -0.2) is 9.78 Å². The Kier molecular flexibility index (Phi) is 4.33. The van der Waals surface area contributed by atoms with E-state index < -0.39 is 6.03 Å². The number of rotatable bonds is 5. The lowest BCUT2D eigenvalue weighted by Crippen LogP contribution is -2.37. The summed E-state index contributed by atoms with van der Waals surface area (Å²) in [7, 11) is 0. The van der Waals surface area contributed by atoms with Gasteiger partial charge in [0, 0.05) is 24.2 Å². The third kappa shape index (κ3) is 3.58. The average molecular weight is 274 g/mol. The van der Waals surface area contributed by atoms with Crippen LogP contribution >= 0.6 is 0 Å². The number of primary amides is 1. The van der Waals surface area contributed by atoms with E-state index in [2.05, 4.69) is 15.6 Å². The molecule has 1 heterocycles. The summed E-state index contributed by atoms with van der Waals surface area (Å²) in [5.41, 5.74) is 6.27. The molecule has 2 rings (SSSR count). The van der Waals surface area contributed by atoms with E-state index in [0.29, 0.717) is 17.9 Å². The van der Waals surface area contributed by atoms with Gasteiger partial charge in [0.2, 0.25) is 0 Å². The molecule has 0 spiro atoms. The van der Waals surface area contributed by atoms with Crippen LogP contribution in [0.4, 0.5) is 4.79 Å². The lowest BCUT2D eigenvalue weighted by atomic mass is 10.1. The average Bonchev–Trinajstić information content (AvgIpc) is 2.97. The van der Waals surface area contributed by atoms with E-state index in [4.69, 9.17) is 10.2 Å². The second kappa shape index (κ2) is 6.37. The smallest absolute Gasteiger partial charge is 0.312 e. The summed E-state index contributed by atoms with van der Waals surface area (Å²) in [5, 5.41) is 5.05. The SMILES string of the molecule is NC(=O)NCCNC(=O)c1ccc(-c2cnco2)cc1. The Morgan fingerprint density at radius 3 is 2.45 bits per heavy atom. The summed E-state index contributed by atoms with van der Waals surface area (Å²) < 4.78 is 5.16. The molecule has 7 nitrogen and oxygen atoms in total. The molecule has 0 aliphatic rings. The molecule has 0 atom stereocenters. The maximum Gasteiger partial charge on any atom is 0.312 e. The monoisotopic (exact) mass is 274 g/mol. The van der Waals surface area contributed by atoms with E-state index >= 15 is 0 Å². The van der Waals surface area contributed by atoms with Crippen LogP contribution in [-0.4, -0.2) is 30.0 Å². The zero-order valence-electron chi connectivity index (χ0n) is 10.6. The van der Waals surface area contributed by atoms with Crippen LogP contribution in [0.1, 0.15) is 10.4 Å². The minimum Gasteiger partial charge on any atom is -0.444 e. The molecule has 3 amide bonds. The Labute approximate surface area is 115 Å². The third-order valence-corrected chi connectivity index (χ3v) is 2.57. The highest BCUT2D eigenvalue weighted by molar-refractivity contribution is 5.94. The molecule has 1 aromatic carbocycles. The summed E-state index contributed by atoms with van der Waals surface area (Å²) in [6.45, 7) is 0.600. The van der Waals surface area contributed by atoms with Crippen LogP contribution < -0.4 is 16.4 Å². The van der Waals surface area contributed by atoms with Gasteiger partial charge in [0.1, 0.15) is 0 Å². The summed E-state index contributed by atoms with van der Waals surface area (Å²) in [5.74, 6) is 0.419. The molecule has 0 unspecified atom stereocenters. The molecule has 0 aliphatic carbocycles. The molecule has 4 N–H and O–H groups in total. The minimum absolute atomic E-state index is 0.222. The predicted octanol–water partition coefficient (Wildman–Crippen LogP) is 0.740. The highest BCUT2D eigenvalue weighted by Crippen LogP contribution is 2.18. The minimum atomic E-state index is -0.615. The molecule has 0 aliphatic heterocycles. The van der Waals surface area contributed by atoms with Crippen LogP contribution in [0.5, 0.6) is 0 Å². The van der Waals surface area contributed by atoms with Gasteiger partial charge in [-0.15, -0.1) is 0 Å². The first-order chi connectivity index (χ1) is 9.66. The maximum absolute atomic E-state index is 11.8. The molecule has 1 aromatic heterocycles. The van der Waals surface area contributed by atoms with Crippen molar-refractivity contribution in [3.63, 3.8) is 0 Å². The van der Waals surface area contributed by atoms with Gasteiger partial charge < -0.3 is 20.8 Å². The van der Waals surface area contributed by atoms with E-state index in [9.17, 15) is 9.59 Å². The van der Waals surface area contributed by atoms with Crippen molar-refractivity contribution >= 4 is 11.9 Å². The van der Waals surface area contributed by atoms with Gasteiger partial charge in [0.15, 0.2) is 12.2 Å². The number of hydrogen-bond acceptors (Lipinski definition) is 4. The molecule has 0 fully saturated rings. The van der Waals surface area contributed by atoms with E-state index in [0.717, 1.165) is 5.56 Å². The number of benzene rings is 1. The lowest BCUT2D eigenvalue weighted by molar-refractivity contribution is 0.0954. The number of aromatic nitrogens is 1. The van der Waals surface area contributed by atoms with Crippen LogP contribution in [0.2, 0.25) is 0 Å². The molecule has 7 heteroatoms. The predicted molar refractivity (Wildman–Crippen MR) is 71.9 cm³/mol. The Hall–Kier alpha value is -2.83. The Bertz CT molecular complexity index is 578. The normalized spacial score (nSPS) is 10.0. The van der Waals surface area contributed by atoms with Crippen molar-refractivity contribution < 1.29 is 14.0 Å². The van der Waals surface area contributed by atoms with Crippen molar-refractivity contribution in [2.45, 2.75) is 0 Å².